The molecule has 0 spiro atoms. The molecule has 3 N–H and O–H groups in total. The predicted molar refractivity (Wildman–Crippen MR) is 169 cm³/mol. The summed E-state index contributed by atoms with van der Waals surface area (Å²) in [7, 11) is -7.71. The number of benzene rings is 3. The van der Waals surface area contributed by atoms with Gasteiger partial charge in [0.05, 0.1) is 15.4 Å². The molecule has 0 aromatic heterocycles. The molecule has 43 heavy (non-hydrogen) atoms. The third-order valence-corrected chi connectivity index (χ3v) is 10.9. The van der Waals surface area contributed by atoms with Gasteiger partial charge in [0.1, 0.15) is 0 Å². The Morgan fingerprint density at radius 2 is 1.26 bits per heavy atom. The zero-order valence-electron chi connectivity index (χ0n) is 25.6. The minimum absolute atomic E-state index is 0.0360. The fourth-order valence-corrected chi connectivity index (χ4v) is 7.74. The Hall–Kier alpha value is -3.09. The van der Waals surface area contributed by atoms with Gasteiger partial charge in [0, 0.05) is 31.7 Å². The second-order valence-corrected chi connectivity index (χ2v) is 15.2. The Morgan fingerprint density at radius 1 is 0.744 bits per heavy atom. The Morgan fingerprint density at radius 3 is 1.72 bits per heavy atom. The summed E-state index contributed by atoms with van der Waals surface area (Å²) in [5.74, 6) is -1.20. The molecule has 234 valence electrons. The Balaban J connectivity index is 1.87. The molecular weight excluding hydrogens is 587 g/mol. The number of hydrogen-bond acceptors (Lipinski definition) is 6. The van der Waals surface area contributed by atoms with Crippen molar-refractivity contribution in [1.82, 2.24) is 14.3 Å². The van der Waals surface area contributed by atoms with Gasteiger partial charge in [-0.3, -0.25) is 0 Å². The summed E-state index contributed by atoms with van der Waals surface area (Å²) in [5, 5.41) is 12.6. The number of nitrogens with one attached hydrogen (secondary N) is 2. The van der Waals surface area contributed by atoms with Crippen LogP contribution in [0.15, 0.2) is 82.6 Å². The summed E-state index contributed by atoms with van der Waals surface area (Å²) >= 11 is 0. The summed E-state index contributed by atoms with van der Waals surface area (Å²) in [5.41, 5.74) is 2.66. The highest BCUT2D eigenvalue weighted by Crippen LogP contribution is 2.25. The first-order chi connectivity index (χ1) is 20.1. The summed E-state index contributed by atoms with van der Waals surface area (Å²) in [6.45, 7) is 12.1. The van der Waals surface area contributed by atoms with E-state index in [0.717, 1.165) is 11.1 Å². The van der Waals surface area contributed by atoms with Gasteiger partial charge < -0.3 is 10.4 Å². The van der Waals surface area contributed by atoms with Crippen LogP contribution >= 0.6 is 0 Å². The average Bonchev–Trinajstić information content (AvgIpc) is 2.94. The van der Waals surface area contributed by atoms with E-state index in [1.165, 1.54) is 16.4 Å². The van der Waals surface area contributed by atoms with Crippen molar-refractivity contribution in [2.45, 2.75) is 70.0 Å². The van der Waals surface area contributed by atoms with Crippen molar-refractivity contribution < 1.29 is 26.7 Å². The maximum Gasteiger partial charge on any atom is 0.335 e. The van der Waals surface area contributed by atoms with E-state index < -0.39 is 38.1 Å². The van der Waals surface area contributed by atoms with Crippen LogP contribution in [-0.2, 0) is 26.6 Å². The Labute approximate surface area is 256 Å². The standard InChI is InChI=1S/C32H43N3O6S2/c1-22(2)30(34-42(38,39)28-15-7-24(5)8-16-28)19-33-20-31(23(3)4)35(21-26-11-13-27(14-12-26)32(36)37)43(40,41)29-17-9-25(6)10-18-29/h7-18,22-23,30-31,33-34H,19-21H2,1-6H3,(H,36,37)/t30-,31-/m1/s1. The maximum absolute atomic E-state index is 14.1. The van der Waals surface area contributed by atoms with Gasteiger partial charge in [0.2, 0.25) is 20.0 Å². The van der Waals surface area contributed by atoms with Crippen LogP contribution in [-0.4, -0.2) is 57.4 Å². The van der Waals surface area contributed by atoms with Crippen LogP contribution in [0.5, 0.6) is 0 Å². The topological polar surface area (TPSA) is 133 Å². The summed E-state index contributed by atoms with van der Waals surface area (Å²) in [6, 6.07) is 18.6. The number of nitrogens with zero attached hydrogens (tertiary/aromatic N) is 1. The highest BCUT2D eigenvalue weighted by atomic mass is 32.2. The zero-order chi connectivity index (χ0) is 31.9. The number of sulfonamides is 2. The van der Waals surface area contributed by atoms with E-state index in [-0.39, 0.29) is 46.8 Å². The van der Waals surface area contributed by atoms with Crippen LogP contribution in [0, 0.1) is 25.7 Å². The van der Waals surface area contributed by atoms with Crippen molar-refractivity contribution in [2.75, 3.05) is 13.1 Å². The number of carboxylic acid groups (broad SMARTS) is 1. The first kappa shape index (κ1) is 34.4. The number of aromatic carboxylic acids is 1. The minimum Gasteiger partial charge on any atom is -0.478 e. The molecule has 0 unspecified atom stereocenters. The van der Waals surface area contributed by atoms with Gasteiger partial charge in [0.25, 0.3) is 0 Å². The third-order valence-electron chi connectivity index (χ3n) is 7.47. The van der Waals surface area contributed by atoms with Crippen molar-refractivity contribution >= 4 is 26.0 Å². The van der Waals surface area contributed by atoms with Gasteiger partial charge in [-0.1, -0.05) is 75.2 Å². The lowest BCUT2D eigenvalue weighted by Crippen LogP contribution is -2.51. The van der Waals surface area contributed by atoms with Gasteiger partial charge in [-0.15, -0.1) is 0 Å². The normalized spacial score (nSPS) is 13.9. The zero-order valence-corrected chi connectivity index (χ0v) is 27.2. The van der Waals surface area contributed by atoms with Crippen molar-refractivity contribution in [3.05, 3.63) is 95.1 Å². The SMILES string of the molecule is Cc1ccc(S(=O)(=O)N[C@H](CNC[C@H](C(C)C)N(Cc2ccc(C(=O)O)cc2)S(=O)(=O)c2ccc(C)cc2)C(C)C)cc1. The lowest BCUT2D eigenvalue weighted by atomic mass is 10.0. The van der Waals surface area contributed by atoms with Crippen LogP contribution in [0.25, 0.3) is 0 Å². The van der Waals surface area contributed by atoms with Crippen molar-refractivity contribution in [2.24, 2.45) is 11.8 Å². The highest BCUT2D eigenvalue weighted by Gasteiger charge is 2.34. The van der Waals surface area contributed by atoms with E-state index >= 15 is 0 Å². The molecular formula is C32H43N3O6S2. The molecule has 0 aliphatic carbocycles. The molecule has 3 aromatic rings. The molecule has 0 aliphatic rings. The fraction of sp³-hybridized carbons (Fsp3) is 0.406. The summed E-state index contributed by atoms with van der Waals surface area (Å²) < 4.78 is 58.5. The number of rotatable bonds is 15. The number of carbonyl (C=O) groups is 1. The molecule has 0 amide bonds. The number of carboxylic acids is 1. The Bertz CT molecular complexity index is 1570. The quantitative estimate of drug-likeness (QED) is 0.220. The molecule has 0 fully saturated rings. The Kier molecular flexibility index (Phi) is 11.7. The summed E-state index contributed by atoms with van der Waals surface area (Å²) in [4.78, 5) is 11.7. The number of hydrogen-bond donors (Lipinski definition) is 3. The molecule has 0 saturated carbocycles. The van der Waals surface area contributed by atoms with Gasteiger partial charge in [-0.05, 0) is 67.6 Å². The first-order valence-electron chi connectivity index (χ1n) is 14.3. The van der Waals surface area contributed by atoms with Crippen LogP contribution in [0.1, 0.15) is 54.7 Å². The van der Waals surface area contributed by atoms with Crippen LogP contribution < -0.4 is 10.0 Å². The van der Waals surface area contributed by atoms with E-state index in [9.17, 15) is 26.7 Å². The molecule has 2 atom stereocenters. The van der Waals surface area contributed by atoms with Crippen molar-refractivity contribution in [3.63, 3.8) is 0 Å². The summed E-state index contributed by atoms with van der Waals surface area (Å²) in [6.07, 6.45) is 0. The van der Waals surface area contributed by atoms with Crippen LogP contribution in [0.4, 0.5) is 0 Å². The molecule has 3 aromatic carbocycles. The van der Waals surface area contributed by atoms with Crippen molar-refractivity contribution in [1.29, 1.82) is 0 Å². The monoisotopic (exact) mass is 629 g/mol. The highest BCUT2D eigenvalue weighted by molar-refractivity contribution is 7.89. The number of aryl methyl sites for hydroxylation is 2. The lowest BCUT2D eigenvalue weighted by molar-refractivity contribution is 0.0696. The van der Waals surface area contributed by atoms with Gasteiger partial charge in [-0.2, -0.15) is 4.31 Å². The third kappa shape index (κ3) is 9.20. The second-order valence-electron chi connectivity index (χ2n) is 11.6. The minimum atomic E-state index is -3.96. The molecule has 0 bridgehead atoms. The van der Waals surface area contributed by atoms with E-state index in [1.807, 2.05) is 41.5 Å². The molecule has 0 saturated heterocycles. The van der Waals surface area contributed by atoms with E-state index in [0.29, 0.717) is 5.56 Å². The van der Waals surface area contributed by atoms with E-state index in [4.69, 9.17) is 0 Å². The fourth-order valence-electron chi connectivity index (χ4n) is 4.61. The molecule has 3 rings (SSSR count). The van der Waals surface area contributed by atoms with Crippen molar-refractivity contribution in [3.8, 4) is 0 Å². The van der Waals surface area contributed by atoms with Crippen LogP contribution in [0.3, 0.4) is 0 Å². The second kappa shape index (κ2) is 14.6. The van der Waals surface area contributed by atoms with Gasteiger partial charge in [-0.25, -0.2) is 26.4 Å². The molecule has 0 heterocycles. The molecule has 9 nitrogen and oxygen atoms in total. The molecule has 0 radical (unpaired) electrons. The smallest absolute Gasteiger partial charge is 0.335 e. The lowest BCUT2D eigenvalue weighted by Gasteiger charge is -2.34. The average molecular weight is 630 g/mol. The van der Waals surface area contributed by atoms with Crippen LogP contribution in [0.2, 0.25) is 0 Å². The predicted octanol–water partition coefficient (Wildman–Crippen LogP) is 4.81. The maximum atomic E-state index is 14.1. The molecule has 0 aliphatic heterocycles. The van der Waals surface area contributed by atoms with Gasteiger partial charge >= 0.3 is 5.97 Å². The van der Waals surface area contributed by atoms with Gasteiger partial charge in [0.15, 0.2) is 0 Å². The first-order valence-corrected chi connectivity index (χ1v) is 17.2. The van der Waals surface area contributed by atoms with E-state index in [2.05, 4.69) is 10.0 Å². The van der Waals surface area contributed by atoms with E-state index in [1.54, 1.807) is 60.7 Å². The molecule has 11 heteroatoms. The largest absolute Gasteiger partial charge is 0.478 e.